The first-order chi connectivity index (χ1) is 26.3. The van der Waals surface area contributed by atoms with Gasteiger partial charge < -0.3 is 24.6 Å². The standard InChI is InChI=1S/C44H42Cl2N2O7/c1-44(2,3)55-43(52)48-25-34-23-36(54-26-29-11-17-35(18-12-29)53-27-30-13-20-37(45)38(46)21-30)19-16-33(34)24-40(48)41(49)47-39(42(50)51)22-28-9-14-32(15-10-28)31-7-5-4-6-8-31/h4-21,23,39-40H,22,24-27H2,1-3H3,(H,47,49)(H,50,51)/t39-,40-/m0/s1. The van der Waals surface area contributed by atoms with Crippen LogP contribution in [0, 0.1) is 0 Å². The van der Waals surface area contributed by atoms with Crippen molar-refractivity contribution in [3.63, 3.8) is 0 Å². The van der Waals surface area contributed by atoms with Crippen molar-refractivity contribution in [1.29, 1.82) is 0 Å². The number of amides is 2. The molecule has 2 amide bonds. The van der Waals surface area contributed by atoms with Gasteiger partial charge in [0.25, 0.3) is 0 Å². The van der Waals surface area contributed by atoms with E-state index in [1.165, 1.54) is 4.90 Å². The number of carboxylic acids is 1. The summed E-state index contributed by atoms with van der Waals surface area (Å²) in [5, 5.41) is 13.8. The highest BCUT2D eigenvalue weighted by atomic mass is 35.5. The molecule has 0 bridgehead atoms. The molecular weight excluding hydrogens is 739 g/mol. The number of carboxylic acid groups (broad SMARTS) is 1. The lowest BCUT2D eigenvalue weighted by molar-refractivity contribution is -0.142. The fourth-order valence-corrected chi connectivity index (χ4v) is 6.53. The molecule has 284 valence electrons. The number of hydrogen-bond acceptors (Lipinski definition) is 6. The fourth-order valence-electron chi connectivity index (χ4n) is 6.21. The van der Waals surface area contributed by atoms with Gasteiger partial charge in [-0.2, -0.15) is 0 Å². The Morgan fingerprint density at radius 2 is 1.36 bits per heavy atom. The normalized spacial score (nSPS) is 14.3. The molecule has 0 aromatic heterocycles. The summed E-state index contributed by atoms with van der Waals surface area (Å²) in [5.74, 6) is -0.464. The molecule has 0 unspecified atom stereocenters. The third kappa shape index (κ3) is 10.6. The van der Waals surface area contributed by atoms with Crippen molar-refractivity contribution in [1.82, 2.24) is 10.2 Å². The average molecular weight is 782 g/mol. The van der Waals surface area contributed by atoms with Gasteiger partial charge in [0, 0.05) is 12.8 Å². The number of carbonyl (C=O) groups is 3. The van der Waals surface area contributed by atoms with E-state index in [0.29, 0.717) is 28.2 Å². The average Bonchev–Trinajstić information content (AvgIpc) is 3.17. The number of ether oxygens (including phenoxy) is 3. The van der Waals surface area contributed by atoms with Gasteiger partial charge >= 0.3 is 12.1 Å². The summed E-state index contributed by atoms with van der Waals surface area (Å²) in [6, 6.07) is 33.7. The molecule has 0 aliphatic carbocycles. The van der Waals surface area contributed by atoms with Gasteiger partial charge in [0.2, 0.25) is 5.91 Å². The molecule has 0 radical (unpaired) electrons. The van der Waals surface area contributed by atoms with Crippen molar-refractivity contribution in [3.8, 4) is 22.6 Å². The molecule has 5 aromatic rings. The third-order valence-electron chi connectivity index (χ3n) is 9.07. The van der Waals surface area contributed by atoms with Crippen LogP contribution in [-0.2, 0) is 46.9 Å². The second-order valence-corrected chi connectivity index (χ2v) is 15.2. The maximum Gasteiger partial charge on any atom is 0.411 e. The van der Waals surface area contributed by atoms with Gasteiger partial charge in [-0.15, -0.1) is 0 Å². The van der Waals surface area contributed by atoms with Gasteiger partial charge in [0.05, 0.1) is 16.6 Å². The largest absolute Gasteiger partial charge is 0.489 e. The number of rotatable bonds is 12. The van der Waals surface area contributed by atoms with E-state index in [9.17, 15) is 19.5 Å². The molecular formula is C44H42Cl2N2O7. The van der Waals surface area contributed by atoms with Crippen LogP contribution >= 0.6 is 23.2 Å². The van der Waals surface area contributed by atoms with Crippen molar-refractivity contribution < 1.29 is 33.7 Å². The molecule has 55 heavy (non-hydrogen) atoms. The highest BCUT2D eigenvalue weighted by molar-refractivity contribution is 6.42. The zero-order valence-electron chi connectivity index (χ0n) is 30.8. The van der Waals surface area contributed by atoms with E-state index in [1.807, 2.05) is 103 Å². The number of hydrogen-bond donors (Lipinski definition) is 2. The lowest BCUT2D eigenvalue weighted by atomic mass is 9.93. The number of halogens is 2. The van der Waals surface area contributed by atoms with Gasteiger partial charge in [-0.05, 0) is 96.1 Å². The van der Waals surface area contributed by atoms with Crippen molar-refractivity contribution in [2.24, 2.45) is 0 Å². The van der Waals surface area contributed by atoms with Crippen molar-refractivity contribution in [2.75, 3.05) is 0 Å². The Morgan fingerprint density at radius 3 is 2.04 bits per heavy atom. The first kappa shape index (κ1) is 39.2. The fraction of sp³-hybridized carbons (Fsp3) is 0.250. The summed E-state index contributed by atoms with van der Waals surface area (Å²) in [6.45, 7) is 5.96. The first-order valence-corrected chi connectivity index (χ1v) is 18.6. The minimum Gasteiger partial charge on any atom is -0.489 e. The van der Waals surface area contributed by atoms with E-state index in [2.05, 4.69) is 5.32 Å². The van der Waals surface area contributed by atoms with Crippen LogP contribution in [0.1, 0.15) is 48.6 Å². The summed E-state index contributed by atoms with van der Waals surface area (Å²) >= 11 is 12.1. The summed E-state index contributed by atoms with van der Waals surface area (Å²) in [5.41, 5.74) is 5.45. The summed E-state index contributed by atoms with van der Waals surface area (Å²) in [4.78, 5) is 41.1. The van der Waals surface area contributed by atoms with Crippen molar-refractivity contribution in [3.05, 3.63) is 153 Å². The lowest BCUT2D eigenvalue weighted by Crippen LogP contribution is -2.56. The first-order valence-electron chi connectivity index (χ1n) is 17.9. The molecule has 1 aliphatic heterocycles. The van der Waals surface area contributed by atoms with Crippen LogP contribution in [0.4, 0.5) is 4.79 Å². The molecule has 0 saturated heterocycles. The Hall–Kier alpha value is -5.51. The number of aliphatic carboxylic acids is 1. The number of fused-ring (bicyclic) bond motifs is 1. The summed E-state index contributed by atoms with van der Waals surface area (Å²) in [6.07, 6.45) is -0.432. The maximum atomic E-state index is 13.9. The van der Waals surface area contributed by atoms with E-state index >= 15 is 0 Å². The van der Waals surface area contributed by atoms with Crippen LogP contribution in [0.2, 0.25) is 10.0 Å². The molecule has 0 fully saturated rings. The van der Waals surface area contributed by atoms with Crippen LogP contribution < -0.4 is 14.8 Å². The van der Waals surface area contributed by atoms with E-state index in [-0.39, 0.29) is 26.0 Å². The Labute approximate surface area is 330 Å². The van der Waals surface area contributed by atoms with Gasteiger partial charge in [0.1, 0.15) is 42.4 Å². The second-order valence-electron chi connectivity index (χ2n) is 14.4. The van der Waals surface area contributed by atoms with Crippen LogP contribution in [0.3, 0.4) is 0 Å². The number of nitrogens with zero attached hydrogens (tertiary/aromatic N) is 1. The maximum absolute atomic E-state index is 13.9. The highest BCUT2D eigenvalue weighted by Crippen LogP contribution is 2.30. The van der Waals surface area contributed by atoms with Gasteiger partial charge in [0.15, 0.2) is 0 Å². The lowest BCUT2D eigenvalue weighted by Gasteiger charge is -2.37. The van der Waals surface area contributed by atoms with E-state index in [4.69, 9.17) is 37.4 Å². The zero-order chi connectivity index (χ0) is 39.1. The molecule has 11 heteroatoms. The zero-order valence-corrected chi connectivity index (χ0v) is 32.3. The quantitative estimate of drug-likeness (QED) is 0.130. The van der Waals surface area contributed by atoms with Crippen LogP contribution in [-0.4, -0.2) is 45.7 Å². The molecule has 1 aliphatic rings. The minimum absolute atomic E-state index is 0.0705. The molecule has 9 nitrogen and oxygen atoms in total. The predicted molar refractivity (Wildman–Crippen MR) is 212 cm³/mol. The van der Waals surface area contributed by atoms with E-state index in [0.717, 1.165) is 38.9 Å². The highest BCUT2D eigenvalue weighted by Gasteiger charge is 2.38. The van der Waals surface area contributed by atoms with Crippen LogP contribution in [0.15, 0.2) is 115 Å². The third-order valence-corrected chi connectivity index (χ3v) is 9.81. The van der Waals surface area contributed by atoms with Gasteiger partial charge in [-0.1, -0.05) is 102 Å². The Balaban J connectivity index is 1.11. The van der Waals surface area contributed by atoms with E-state index in [1.54, 1.807) is 32.9 Å². The van der Waals surface area contributed by atoms with Crippen molar-refractivity contribution >= 4 is 41.2 Å². The summed E-state index contributed by atoms with van der Waals surface area (Å²) in [7, 11) is 0. The molecule has 6 rings (SSSR count). The monoisotopic (exact) mass is 780 g/mol. The topological polar surface area (TPSA) is 114 Å². The molecule has 0 spiro atoms. The molecule has 1 heterocycles. The Bertz CT molecular complexity index is 2140. The van der Waals surface area contributed by atoms with Crippen molar-refractivity contribution in [2.45, 2.75) is 71.1 Å². The molecule has 5 aromatic carbocycles. The summed E-state index contributed by atoms with van der Waals surface area (Å²) < 4.78 is 17.7. The SMILES string of the molecule is CC(C)(C)OC(=O)N1Cc2cc(OCc3ccc(OCc4ccc(Cl)c(Cl)c4)cc3)ccc2C[C@H]1C(=O)N[C@@H](Cc1ccc(-c2ccccc2)cc1)C(=O)O. The number of benzene rings is 5. The number of carbonyl (C=O) groups excluding carboxylic acids is 2. The Morgan fingerprint density at radius 1 is 0.745 bits per heavy atom. The number of nitrogens with one attached hydrogen (secondary N) is 1. The molecule has 2 atom stereocenters. The van der Waals surface area contributed by atoms with Crippen LogP contribution in [0.25, 0.3) is 11.1 Å². The van der Waals surface area contributed by atoms with Gasteiger partial charge in [-0.3, -0.25) is 9.69 Å². The molecule has 2 N–H and O–H groups in total. The molecule has 0 saturated carbocycles. The Kier molecular flexibility index (Phi) is 12.3. The van der Waals surface area contributed by atoms with E-state index < -0.39 is 35.7 Å². The predicted octanol–water partition coefficient (Wildman–Crippen LogP) is 9.29. The second kappa shape index (κ2) is 17.3. The minimum atomic E-state index is -1.21. The smallest absolute Gasteiger partial charge is 0.411 e. The van der Waals surface area contributed by atoms with Gasteiger partial charge in [-0.25, -0.2) is 9.59 Å². The van der Waals surface area contributed by atoms with Crippen LogP contribution in [0.5, 0.6) is 11.5 Å².